The standard InChI is InChI=1S/C9H11NO4S/c1-5(9(12)13)10-8(11)7-3-6(14-2)4-15-7/h3-5H,1-2H3,(H,10,11)(H,12,13). The van der Waals surface area contributed by atoms with Crippen LogP contribution < -0.4 is 10.1 Å². The summed E-state index contributed by atoms with van der Waals surface area (Å²) in [7, 11) is 1.50. The second kappa shape index (κ2) is 4.79. The SMILES string of the molecule is COc1csc(C(=O)NC(C)C(=O)O)c1. The van der Waals surface area contributed by atoms with E-state index < -0.39 is 17.9 Å². The lowest BCUT2D eigenvalue weighted by atomic mass is 10.3. The van der Waals surface area contributed by atoms with Gasteiger partial charge in [-0.3, -0.25) is 9.59 Å². The number of carbonyl (C=O) groups excluding carboxylic acids is 1. The third-order valence-electron chi connectivity index (χ3n) is 1.75. The molecule has 1 aromatic rings. The van der Waals surface area contributed by atoms with Crippen LogP contribution in [-0.4, -0.2) is 30.1 Å². The van der Waals surface area contributed by atoms with Crippen LogP contribution in [-0.2, 0) is 4.79 Å². The molecule has 0 aliphatic carbocycles. The van der Waals surface area contributed by atoms with Crippen molar-refractivity contribution in [3.63, 3.8) is 0 Å². The molecule has 0 saturated carbocycles. The van der Waals surface area contributed by atoms with Crippen molar-refractivity contribution in [1.82, 2.24) is 5.32 Å². The molecule has 2 N–H and O–H groups in total. The fourth-order valence-electron chi connectivity index (χ4n) is 0.874. The highest BCUT2D eigenvalue weighted by atomic mass is 32.1. The van der Waals surface area contributed by atoms with Crippen LogP contribution in [0.3, 0.4) is 0 Å². The molecular formula is C9H11NO4S. The van der Waals surface area contributed by atoms with Gasteiger partial charge in [0, 0.05) is 11.4 Å². The van der Waals surface area contributed by atoms with Gasteiger partial charge in [0.1, 0.15) is 11.8 Å². The van der Waals surface area contributed by atoms with Gasteiger partial charge in [0.25, 0.3) is 5.91 Å². The van der Waals surface area contributed by atoms with Gasteiger partial charge in [-0.15, -0.1) is 11.3 Å². The largest absolute Gasteiger partial charge is 0.496 e. The molecule has 1 heterocycles. The van der Waals surface area contributed by atoms with E-state index in [9.17, 15) is 9.59 Å². The highest BCUT2D eigenvalue weighted by Crippen LogP contribution is 2.20. The molecule has 15 heavy (non-hydrogen) atoms. The molecule has 5 nitrogen and oxygen atoms in total. The highest BCUT2D eigenvalue weighted by Gasteiger charge is 2.16. The Morgan fingerprint density at radius 3 is 2.73 bits per heavy atom. The third-order valence-corrected chi connectivity index (χ3v) is 2.66. The first kappa shape index (κ1) is 11.5. The second-order valence-electron chi connectivity index (χ2n) is 2.88. The van der Waals surface area contributed by atoms with Gasteiger partial charge < -0.3 is 15.2 Å². The molecule has 6 heteroatoms. The number of carboxylic acids is 1. The molecule has 1 aromatic heterocycles. The third kappa shape index (κ3) is 2.95. The van der Waals surface area contributed by atoms with Crippen molar-refractivity contribution < 1.29 is 19.4 Å². The second-order valence-corrected chi connectivity index (χ2v) is 3.80. The van der Waals surface area contributed by atoms with Gasteiger partial charge in [-0.05, 0) is 6.92 Å². The zero-order chi connectivity index (χ0) is 11.4. The number of methoxy groups -OCH3 is 1. The Kier molecular flexibility index (Phi) is 3.68. The van der Waals surface area contributed by atoms with E-state index in [1.807, 2.05) is 0 Å². The van der Waals surface area contributed by atoms with E-state index >= 15 is 0 Å². The van der Waals surface area contributed by atoms with Crippen LogP contribution >= 0.6 is 11.3 Å². The van der Waals surface area contributed by atoms with Crippen molar-refractivity contribution in [2.75, 3.05) is 7.11 Å². The van der Waals surface area contributed by atoms with Crippen LogP contribution in [0, 0.1) is 0 Å². The van der Waals surface area contributed by atoms with Gasteiger partial charge in [0.15, 0.2) is 0 Å². The number of thiophene rings is 1. The average molecular weight is 229 g/mol. The van der Waals surface area contributed by atoms with Crippen molar-refractivity contribution in [3.05, 3.63) is 16.3 Å². The summed E-state index contributed by atoms with van der Waals surface area (Å²) in [4.78, 5) is 22.4. The summed E-state index contributed by atoms with van der Waals surface area (Å²) in [5.74, 6) is -0.877. The number of hydrogen-bond acceptors (Lipinski definition) is 4. The lowest BCUT2D eigenvalue weighted by Gasteiger charge is -2.07. The summed E-state index contributed by atoms with van der Waals surface area (Å²) in [6.45, 7) is 1.41. The molecule has 1 atom stereocenters. The Bertz CT molecular complexity index is 374. The van der Waals surface area contributed by atoms with Crippen molar-refractivity contribution in [3.8, 4) is 5.75 Å². The normalized spacial score (nSPS) is 11.9. The summed E-state index contributed by atoms with van der Waals surface area (Å²) in [6.07, 6.45) is 0. The first-order valence-electron chi connectivity index (χ1n) is 4.20. The Balaban J connectivity index is 2.65. The quantitative estimate of drug-likeness (QED) is 0.806. The summed E-state index contributed by atoms with van der Waals surface area (Å²) in [5.41, 5.74) is 0. The van der Waals surface area contributed by atoms with E-state index in [0.717, 1.165) is 0 Å². The summed E-state index contributed by atoms with van der Waals surface area (Å²) in [6, 6.07) is 0.666. The van der Waals surface area contributed by atoms with Crippen molar-refractivity contribution in [1.29, 1.82) is 0 Å². The van der Waals surface area contributed by atoms with Crippen molar-refractivity contribution >= 4 is 23.2 Å². The summed E-state index contributed by atoms with van der Waals surface area (Å²) >= 11 is 1.21. The van der Waals surface area contributed by atoms with Gasteiger partial charge in [0.05, 0.1) is 12.0 Å². The Morgan fingerprint density at radius 2 is 2.27 bits per heavy atom. The van der Waals surface area contributed by atoms with E-state index in [4.69, 9.17) is 9.84 Å². The number of carbonyl (C=O) groups is 2. The number of rotatable bonds is 4. The van der Waals surface area contributed by atoms with Crippen LogP contribution in [0.4, 0.5) is 0 Å². The summed E-state index contributed by atoms with van der Waals surface area (Å²) < 4.78 is 4.91. The van der Waals surface area contributed by atoms with E-state index in [2.05, 4.69) is 5.32 Å². The predicted molar refractivity (Wildman–Crippen MR) is 55.4 cm³/mol. The van der Waals surface area contributed by atoms with Gasteiger partial charge in [-0.25, -0.2) is 0 Å². The van der Waals surface area contributed by atoms with E-state index in [0.29, 0.717) is 10.6 Å². The van der Waals surface area contributed by atoms with Crippen LogP contribution in [0.15, 0.2) is 11.4 Å². The molecule has 0 bridgehead atoms. The number of aliphatic carboxylic acids is 1. The summed E-state index contributed by atoms with van der Waals surface area (Å²) in [5, 5.41) is 12.6. The lowest BCUT2D eigenvalue weighted by molar-refractivity contribution is -0.138. The minimum atomic E-state index is -1.06. The topological polar surface area (TPSA) is 75.6 Å². The minimum Gasteiger partial charge on any atom is -0.496 e. The average Bonchev–Trinajstić information content (AvgIpc) is 2.65. The number of ether oxygens (including phenoxy) is 1. The number of carboxylic acid groups (broad SMARTS) is 1. The van der Waals surface area contributed by atoms with Crippen molar-refractivity contribution in [2.24, 2.45) is 0 Å². The van der Waals surface area contributed by atoms with Crippen LogP contribution in [0.5, 0.6) is 5.75 Å². The fraction of sp³-hybridized carbons (Fsp3) is 0.333. The molecule has 0 spiro atoms. The first-order chi connectivity index (χ1) is 7.04. The molecule has 0 radical (unpaired) electrons. The molecule has 1 rings (SSSR count). The zero-order valence-corrected chi connectivity index (χ0v) is 9.13. The van der Waals surface area contributed by atoms with Crippen molar-refractivity contribution in [2.45, 2.75) is 13.0 Å². The van der Waals surface area contributed by atoms with Crippen LogP contribution in [0.1, 0.15) is 16.6 Å². The van der Waals surface area contributed by atoms with E-state index in [1.165, 1.54) is 25.4 Å². The first-order valence-corrected chi connectivity index (χ1v) is 5.08. The number of nitrogens with one attached hydrogen (secondary N) is 1. The maximum Gasteiger partial charge on any atom is 0.325 e. The maximum absolute atomic E-state index is 11.5. The lowest BCUT2D eigenvalue weighted by Crippen LogP contribution is -2.37. The van der Waals surface area contributed by atoms with Crippen LogP contribution in [0.25, 0.3) is 0 Å². The molecule has 1 unspecified atom stereocenters. The molecule has 1 amide bonds. The predicted octanol–water partition coefficient (Wildman–Crippen LogP) is 0.960. The molecule has 0 aromatic carbocycles. The Hall–Kier alpha value is -1.56. The zero-order valence-electron chi connectivity index (χ0n) is 8.31. The van der Waals surface area contributed by atoms with Gasteiger partial charge in [-0.2, -0.15) is 0 Å². The molecule has 0 aliphatic rings. The molecule has 0 aliphatic heterocycles. The molecule has 0 fully saturated rings. The van der Waals surface area contributed by atoms with Gasteiger partial charge in [-0.1, -0.05) is 0 Å². The monoisotopic (exact) mass is 229 g/mol. The Morgan fingerprint density at radius 1 is 1.60 bits per heavy atom. The number of amides is 1. The highest BCUT2D eigenvalue weighted by molar-refractivity contribution is 7.12. The molecule has 0 saturated heterocycles. The smallest absolute Gasteiger partial charge is 0.325 e. The Labute approximate surface area is 90.7 Å². The van der Waals surface area contributed by atoms with Gasteiger partial charge >= 0.3 is 5.97 Å². The maximum atomic E-state index is 11.5. The minimum absolute atomic E-state index is 0.404. The van der Waals surface area contributed by atoms with E-state index in [1.54, 1.807) is 11.4 Å². The van der Waals surface area contributed by atoms with E-state index in [-0.39, 0.29) is 0 Å². The van der Waals surface area contributed by atoms with Gasteiger partial charge in [0.2, 0.25) is 0 Å². The molecule has 82 valence electrons. The molecular weight excluding hydrogens is 218 g/mol. The number of hydrogen-bond donors (Lipinski definition) is 2. The fourth-order valence-corrected chi connectivity index (χ4v) is 1.63. The van der Waals surface area contributed by atoms with Crippen LogP contribution in [0.2, 0.25) is 0 Å².